The van der Waals surface area contributed by atoms with Crippen molar-refractivity contribution in [2.75, 3.05) is 14.2 Å². The first-order valence-electron chi connectivity index (χ1n) is 12.9. The average molecular weight is 599 g/mol. The van der Waals surface area contributed by atoms with Gasteiger partial charge in [-0.1, -0.05) is 44.5 Å². The molecule has 2 aromatic carbocycles. The van der Waals surface area contributed by atoms with Crippen molar-refractivity contribution in [3.8, 4) is 17.2 Å². The molecule has 2 aromatic heterocycles. The second-order valence-electron chi connectivity index (χ2n) is 10.6. The number of hydrogen-bond acceptors (Lipinski definition) is 8. The van der Waals surface area contributed by atoms with Gasteiger partial charge in [-0.2, -0.15) is 0 Å². The van der Waals surface area contributed by atoms with Crippen LogP contribution in [-0.4, -0.2) is 45.0 Å². The lowest BCUT2D eigenvalue weighted by Gasteiger charge is -2.24. The average Bonchev–Trinajstić information content (AvgIpc) is 3.54. The molecular formula is C29H31ClN4O4S2. The van der Waals surface area contributed by atoms with Crippen molar-refractivity contribution in [1.29, 1.82) is 0 Å². The highest BCUT2D eigenvalue weighted by atomic mass is 35.5. The summed E-state index contributed by atoms with van der Waals surface area (Å²) < 4.78 is 13.7. The minimum absolute atomic E-state index is 0.0802. The normalized spacial score (nSPS) is 16.6. The van der Waals surface area contributed by atoms with Gasteiger partial charge in [-0.25, -0.2) is 4.98 Å². The highest BCUT2D eigenvalue weighted by molar-refractivity contribution is 8.00. The van der Waals surface area contributed by atoms with Crippen LogP contribution in [0.15, 0.2) is 42.6 Å². The van der Waals surface area contributed by atoms with Gasteiger partial charge in [0, 0.05) is 33.5 Å². The molecule has 8 nitrogen and oxygen atoms in total. The number of fused-ring (bicyclic) bond motifs is 3. The monoisotopic (exact) mass is 598 g/mol. The number of aromatic nitrogens is 4. The van der Waals surface area contributed by atoms with Crippen molar-refractivity contribution >= 4 is 40.7 Å². The number of rotatable bonds is 8. The zero-order chi connectivity index (χ0) is 28.6. The van der Waals surface area contributed by atoms with E-state index in [1.165, 1.54) is 0 Å². The quantitative estimate of drug-likeness (QED) is 0.236. The number of carbonyl (C=O) groups is 1. The molecular weight excluding hydrogens is 568 g/mol. The smallest absolute Gasteiger partial charge is 0.303 e. The Morgan fingerprint density at radius 3 is 2.62 bits per heavy atom. The van der Waals surface area contributed by atoms with E-state index in [1.54, 1.807) is 43.5 Å². The first kappa shape index (κ1) is 28.4. The lowest BCUT2D eigenvalue weighted by molar-refractivity contribution is -0.136. The first-order valence-corrected chi connectivity index (χ1v) is 15.0. The van der Waals surface area contributed by atoms with Crippen molar-refractivity contribution in [3.05, 3.63) is 80.3 Å². The van der Waals surface area contributed by atoms with Crippen LogP contribution in [0.2, 0.25) is 5.02 Å². The summed E-state index contributed by atoms with van der Waals surface area (Å²) in [6.07, 6.45) is 2.93. The Kier molecular flexibility index (Phi) is 8.13. The molecule has 0 saturated heterocycles. The summed E-state index contributed by atoms with van der Waals surface area (Å²) in [5.41, 5.74) is 2.70. The minimum Gasteiger partial charge on any atom is -0.493 e. The van der Waals surface area contributed by atoms with Gasteiger partial charge in [0.15, 0.2) is 17.3 Å². The van der Waals surface area contributed by atoms with Gasteiger partial charge in [0.05, 0.1) is 41.8 Å². The van der Waals surface area contributed by atoms with Crippen LogP contribution in [0.4, 0.5) is 0 Å². The molecule has 5 rings (SSSR count). The summed E-state index contributed by atoms with van der Waals surface area (Å²) >= 11 is 9.91. The molecule has 0 saturated carbocycles. The largest absolute Gasteiger partial charge is 0.493 e. The predicted octanol–water partition coefficient (Wildman–Crippen LogP) is 6.83. The Morgan fingerprint density at radius 2 is 1.93 bits per heavy atom. The van der Waals surface area contributed by atoms with Crippen LogP contribution in [0.25, 0.3) is 5.69 Å². The third-order valence-electron chi connectivity index (χ3n) is 6.72. The highest BCUT2D eigenvalue weighted by Crippen LogP contribution is 2.54. The number of thioether (sulfide) groups is 1. The van der Waals surface area contributed by atoms with E-state index < -0.39 is 5.97 Å². The van der Waals surface area contributed by atoms with Crippen molar-refractivity contribution < 1.29 is 19.4 Å². The molecule has 0 radical (unpaired) electrons. The Hall–Kier alpha value is -3.08. The molecule has 0 spiro atoms. The standard InChI is InChI=1S/C29H31ClN4O4S2/c1-29(2,3)28-33-32-27-22(14-23-31-15-17(39-23)10-12-24(35)36)40-26(18-7-6-8-21(37-4)25(18)38-5)19-13-16(30)9-11-20(19)34(27)28/h6-9,11,13,15,22,26H,10,12,14H2,1-5H3,(H,35,36)/t22-,26-/m1/s1. The fourth-order valence-corrected chi connectivity index (χ4v) is 7.69. The molecule has 1 N–H and O–H groups in total. The van der Waals surface area contributed by atoms with E-state index in [4.69, 9.17) is 31.3 Å². The number of thiazole rings is 1. The summed E-state index contributed by atoms with van der Waals surface area (Å²) in [6.45, 7) is 6.39. The number of aryl methyl sites for hydroxylation is 1. The van der Waals surface area contributed by atoms with Crippen LogP contribution >= 0.6 is 34.7 Å². The van der Waals surface area contributed by atoms with Gasteiger partial charge >= 0.3 is 5.97 Å². The third kappa shape index (κ3) is 5.57. The zero-order valence-corrected chi connectivity index (χ0v) is 25.4. The van der Waals surface area contributed by atoms with E-state index >= 15 is 0 Å². The van der Waals surface area contributed by atoms with E-state index in [0.29, 0.717) is 29.4 Å². The van der Waals surface area contributed by atoms with Crippen molar-refractivity contribution in [2.45, 2.75) is 55.9 Å². The van der Waals surface area contributed by atoms with Gasteiger partial charge in [-0.15, -0.1) is 33.3 Å². The Labute approximate surface area is 246 Å². The summed E-state index contributed by atoms with van der Waals surface area (Å²) in [5, 5.41) is 19.8. The molecule has 11 heteroatoms. The maximum atomic E-state index is 11.1. The number of ether oxygens (including phenoxy) is 2. The van der Waals surface area contributed by atoms with E-state index in [2.05, 4.69) is 41.5 Å². The first-order chi connectivity index (χ1) is 19.1. The van der Waals surface area contributed by atoms with E-state index in [-0.39, 0.29) is 22.3 Å². The molecule has 1 aliphatic rings. The Morgan fingerprint density at radius 1 is 1.12 bits per heavy atom. The number of benzene rings is 2. The van der Waals surface area contributed by atoms with Crippen LogP contribution in [0, 0.1) is 0 Å². The van der Waals surface area contributed by atoms with Crippen LogP contribution in [0.5, 0.6) is 11.5 Å². The number of carboxylic acids is 1. The summed E-state index contributed by atoms with van der Waals surface area (Å²) in [5.74, 6) is 2.21. The van der Waals surface area contributed by atoms with Crippen LogP contribution < -0.4 is 9.47 Å². The number of carboxylic acid groups (broad SMARTS) is 1. The minimum atomic E-state index is -0.816. The highest BCUT2D eigenvalue weighted by Gasteiger charge is 2.37. The van der Waals surface area contributed by atoms with Gasteiger partial charge < -0.3 is 14.6 Å². The summed E-state index contributed by atoms with van der Waals surface area (Å²) in [6, 6.07) is 11.9. The third-order valence-corrected chi connectivity index (χ3v) is 9.52. The van der Waals surface area contributed by atoms with Crippen LogP contribution in [0.3, 0.4) is 0 Å². The molecule has 0 bridgehead atoms. The maximum absolute atomic E-state index is 11.1. The van der Waals surface area contributed by atoms with E-state index in [0.717, 1.165) is 38.3 Å². The van der Waals surface area contributed by atoms with Crippen molar-refractivity contribution in [2.24, 2.45) is 0 Å². The number of aliphatic carboxylic acids is 1. The van der Waals surface area contributed by atoms with Crippen molar-refractivity contribution in [1.82, 2.24) is 19.7 Å². The maximum Gasteiger partial charge on any atom is 0.303 e. The Balaban J connectivity index is 1.68. The lowest BCUT2D eigenvalue weighted by Crippen LogP contribution is -2.20. The second-order valence-corrected chi connectivity index (χ2v) is 13.5. The predicted molar refractivity (Wildman–Crippen MR) is 159 cm³/mol. The number of halogens is 1. The van der Waals surface area contributed by atoms with Crippen LogP contribution in [-0.2, 0) is 23.1 Å². The van der Waals surface area contributed by atoms with E-state index in [1.807, 2.05) is 30.3 Å². The molecule has 0 amide bonds. The van der Waals surface area contributed by atoms with Gasteiger partial charge in [0.2, 0.25) is 0 Å². The molecule has 0 fully saturated rings. The molecule has 2 atom stereocenters. The number of para-hydroxylation sites is 1. The van der Waals surface area contributed by atoms with Gasteiger partial charge in [0.25, 0.3) is 0 Å². The molecule has 4 aromatic rings. The molecule has 40 heavy (non-hydrogen) atoms. The molecule has 3 heterocycles. The number of nitrogens with zero attached hydrogens (tertiary/aromatic N) is 4. The molecule has 1 aliphatic heterocycles. The Bertz CT molecular complexity index is 1550. The number of hydrogen-bond donors (Lipinski definition) is 1. The fraction of sp³-hybridized carbons (Fsp3) is 0.379. The second kappa shape index (κ2) is 11.4. The number of methoxy groups -OCH3 is 2. The van der Waals surface area contributed by atoms with Gasteiger partial charge in [-0.3, -0.25) is 9.36 Å². The lowest BCUT2D eigenvalue weighted by atomic mass is 9.94. The summed E-state index contributed by atoms with van der Waals surface area (Å²) in [7, 11) is 3.29. The van der Waals surface area contributed by atoms with Crippen molar-refractivity contribution in [3.63, 3.8) is 0 Å². The molecule has 0 unspecified atom stereocenters. The summed E-state index contributed by atoms with van der Waals surface area (Å²) in [4.78, 5) is 16.7. The van der Waals surface area contributed by atoms with Gasteiger partial charge in [0.1, 0.15) is 5.82 Å². The topological polar surface area (TPSA) is 99.4 Å². The van der Waals surface area contributed by atoms with Gasteiger partial charge in [-0.05, 0) is 36.2 Å². The van der Waals surface area contributed by atoms with Crippen LogP contribution in [0.1, 0.15) is 70.4 Å². The van der Waals surface area contributed by atoms with E-state index in [9.17, 15) is 4.79 Å². The molecule has 210 valence electrons. The zero-order valence-electron chi connectivity index (χ0n) is 23.0. The molecule has 0 aliphatic carbocycles. The SMILES string of the molecule is COc1cccc([C@H]2S[C@H](Cc3ncc(CCC(=O)O)s3)c3nnc(C(C)(C)C)n3-c3ccc(Cl)cc32)c1OC. The fourth-order valence-electron chi connectivity index (χ4n) is 4.91.